The second kappa shape index (κ2) is 9.00. The molecule has 0 spiro atoms. The maximum absolute atomic E-state index is 13.5. The lowest BCUT2D eigenvalue weighted by atomic mass is 10.2. The number of rotatable bonds is 6. The molecule has 34 heavy (non-hydrogen) atoms. The van der Waals surface area contributed by atoms with Crippen molar-refractivity contribution in [2.45, 2.75) is 11.8 Å². The molecule has 1 N–H and O–H groups in total. The Morgan fingerprint density at radius 2 is 1.65 bits per heavy atom. The van der Waals surface area contributed by atoms with E-state index in [1.807, 2.05) is 13.0 Å². The Hall–Kier alpha value is -3.56. The molecule has 0 unspecified atom stereocenters. The van der Waals surface area contributed by atoms with Gasteiger partial charge in [-0.2, -0.15) is 0 Å². The first-order chi connectivity index (χ1) is 16.1. The number of fused-ring (bicyclic) bond motifs is 1. The van der Waals surface area contributed by atoms with Crippen molar-refractivity contribution in [1.29, 1.82) is 0 Å². The van der Waals surface area contributed by atoms with Gasteiger partial charge in [0.05, 0.1) is 21.6 Å². The van der Waals surface area contributed by atoms with E-state index in [1.165, 1.54) is 33.4 Å². The van der Waals surface area contributed by atoms with Crippen LogP contribution in [-0.2, 0) is 28.9 Å². The van der Waals surface area contributed by atoms with E-state index < -0.39 is 22.5 Å². The molecule has 4 aromatic rings. The average molecular weight is 499 g/mol. The highest BCUT2D eigenvalue weighted by Crippen LogP contribution is 2.26. The molecule has 1 amide bonds. The van der Waals surface area contributed by atoms with Gasteiger partial charge >= 0.3 is 5.69 Å². The van der Waals surface area contributed by atoms with Crippen molar-refractivity contribution in [3.8, 4) is 0 Å². The van der Waals surface area contributed by atoms with Crippen LogP contribution in [0.2, 0.25) is 5.02 Å². The summed E-state index contributed by atoms with van der Waals surface area (Å²) in [5, 5.41) is 3.15. The SMILES string of the molecule is Cc1cccc(N(CC(=O)Nc2ccc3c(c2)n(C)c(=O)n3C)S(=O)(=O)c2ccc(Cl)cc2)c1. The van der Waals surface area contributed by atoms with Crippen LogP contribution in [0.25, 0.3) is 11.0 Å². The fraction of sp³-hybridized carbons (Fsp3) is 0.167. The summed E-state index contributed by atoms with van der Waals surface area (Å²) in [6.45, 7) is 1.40. The maximum atomic E-state index is 13.5. The molecule has 0 aliphatic carbocycles. The van der Waals surface area contributed by atoms with Gasteiger partial charge in [-0.3, -0.25) is 18.2 Å². The lowest BCUT2D eigenvalue weighted by molar-refractivity contribution is -0.114. The Kier molecular flexibility index (Phi) is 6.24. The van der Waals surface area contributed by atoms with Crippen molar-refractivity contribution in [3.63, 3.8) is 0 Å². The maximum Gasteiger partial charge on any atom is 0.328 e. The molecule has 0 saturated heterocycles. The Labute approximate surface area is 202 Å². The number of hydrogen-bond acceptors (Lipinski definition) is 4. The molecule has 0 atom stereocenters. The molecular weight excluding hydrogens is 476 g/mol. The number of carbonyl (C=O) groups excluding carboxylic acids is 1. The number of halogens is 1. The largest absolute Gasteiger partial charge is 0.328 e. The van der Waals surface area contributed by atoms with Gasteiger partial charge in [0.1, 0.15) is 6.54 Å². The second-order valence-corrected chi connectivity index (χ2v) is 10.3. The molecule has 0 aliphatic heterocycles. The first-order valence-electron chi connectivity index (χ1n) is 10.4. The van der Waals surface area contributed by atoms with E-state index in [0.717, 1.165) is 15.4 Å². The van der Waals surface area contributed by atoms with E-state index in [1.54, 1.807) is 50.5 Å². The first-order valence-corrected chi connectivity index (χ1v) is 12.2. The Morgan fingerprint density at radius 1 is 0.971 bits per heavy atom. The number of nitrogens with one attached hydrogen (secondary N) is 1. The van der Waals surface area contributed by atoms with E-state index >= 15 is 0 Å². The quantitative estimate of drug-likeness (QED) is 0.439. The summed E-state index contributed by atoms with van der Waals surface area (Å²) < 4.78 is 31.0. The highest BCUT2D eigenvalue weighted by atomic mass is 35.5. The fourth-order valence-electron chi connectivity index (χ4n) is 3.75. The zero-order valence-electron chi connectivity index (χ0n) is 18.8. The van der Waals surface area contributed by atoms with Crippen LogP contribution in [0.3, 0.4) is 0 Å². The number of hydrogen-bond donors (Lipinski definition) is 1. The van der Waals surface area contributed by atoms with Crippen LogP contribution in [0.4, 0.5) is 11.4 Å². The third kappa shape index (κ3) is 4.44. The summed E-state index contributed by atoms with van der Waals surface area (Å²) in [5.74, 6) is -0.528. The van der Waals surface area contributed by atoms with Gasteiger partial charge in [0, 0.05) is 24.8 Å². The fourth-order valence-corrected chi connectivity index (χ4v) is 5.29. The topological polar surface area (TPSA) is 93.4 Å². The summed E-state index contributed by atoms with van der Waals surface area (Å²) in [4.78, 5) is 25.2. The Morgan fingerprint density at radius 3 is 2.32 bits per heavy atom. The van der Waals surface area contributed by atoms with Gasteiger partial charge in [0.25, 0.3) is 10.0 Å². The molecule has 0 saturated carbocycles. The molecule has 0 radical (unpaired) electrons. The number of nitrogens with zero attached hydrogens (tertiary/aromatic N) is 3. The highest BCUT2D eigenvalue weighted by Gasteiger charge is 2.27. The molecule has 10 heteroatoms. The van der Waals surface area contributed by atoms with Crippen molar-refractivity contribution in [2.75, 3.05) is 16.2 Å². The molecule has 4 rings (SSSR count). The Balaban J connectivity index is 1.67. The zero-order chi connectivity index (χ0) is 24.6. The zero-order valence-corrected chi connectivity index (χ0v) is 20.4. The van der Waals surface area contributed by atoms with Crippen LogP contribution in [0.15, 0.2) is 76.4 Å². The van der Waals surface area contributed by atoms with Gasteiger partial charge in [-0.25, -0.2) is 13.2 Å². The minimum absolute atomic E-state index is 0.0203. The predicted molar refractivity (Wildman–Crippen MR) is 134 cm³/mol. The van der Waals surface area contributed by atoms with Crippen LogP contribution < -0.4 is 15.3 Å². The van der Waals surface area contributed by atoms with E-state index in [2.05, 4.69) is 5.32 Å². The van der Waals surface area contributed by atoms with E-state index in [4.69, 9.17) is 11.6 Å². The minimum atomic E-state index is -4.05. The van der Waals surface area contributed by atoms with Crippen molar-refractivity contribution < 1.29 is 13.2 Å². The summed E-state index contributed by atoms with van der Waals surface area (Å²) in [7, 11) is -0.735. The van der Waals surface area contributed by atoms with Crippen LogP contribution in [0, 0.1) is 6.92 Å². The normalized spacial score (nSPS) is 11.5. The van der Waals surface area contributed by atoms with E-state index in [0.29, 0.717) is 21.9 Å². The molecule has 0 fully saturated rings. The molecule has 3 aromatic carbocycles. The second-order valence-electron chi connectivity index (χ2n) is 7.96. The smallest absolute Gasteiger partial charge is 0.324 e. The monoisotopic (exact) mass is 498 g/mol. The van der Waals surface area contributed by atoms with Gasteiger partial charge < -0.3 is 5.32 Å². The average Bonchev–Trinajstić information content (AvgIpc) is 3.01. The number of sulfonamides is 1. The molecule has 1 aromatic heterocycles. The molecule has 8 nitrogen and oxygen atoms in total. The molecule has 176 valence electrons. The summed E-state index contributed by atoms with van der Waals surface area (Å²) >= 11 is 5.92. The highest BCUT2D eigenvalue weighted by molar-refractivity contribution is 7.92. The molecular formula is C24H23ClN4O4S. The van der Waals surface area contributed by atoms with E-state index in [-0.39, 0.29) is 10.6 Å². The lowest BCUT2D eigenvalue weighted by Gasteiger charge is -2.24. The van der Waals surface area contributed by atoms with Gasteiger partial charge in [-0.15, -0.1) is 0 Å². The molecule has 0 aliphatic rings. The van der Waals surface area contributed by atoms with Crippen molar-refractivity contribution in [3.05, 3.63) is 87.8 Å². The van der Waals surface area contributed by atoms with Crippen LogP contribution in [-0.4, -0.2) is 30.0 Å². The predicted octanol–water partition coefficient (Wildman–Crippen LogP) is 3.67. The number of aryl methyl sites for hydroxylation is 3. The summed E-state index contributed by atoms with van der Waals surface area (Å²) in [6.07, 6.45) is 0. The van der Waals surface area contributed by atoms with Gasteiger partial charge in [0.2, 0.25) is 5.91 Å². The van der Waals surface area contributed by atoms with Gasteiger partial charge in [-0.1, -0.05) is 23.7 Å². The number of imidazole rings is 1. The third-order valence-electron chi connectivity index (χ3n) is 5.53. The van der Waals surface area contributed by atoms with Crippen LogP contribution in [0.5, 0.6) is 0 Å². The van der Waals surface area contributed by atoms with Gasteiger partial charge in [0.15, 0.2) is 0 Å². The van der Waals surface area contributed by atoms with Crippen LogP contribution >= 0.6 is 11.6 Å². The van der Waals surface area contributed by atoms with Crippen LogP contribution in [0.1, 0.15) is 5.56 Å². The van der Waals surface area contributed by atoms with Crippen molar-refractivity contribution in [2.24, 2.45) is 14.1 Å². The van der Waals surface area contributed by atoms with Crippen molar-refractivity contribution in [1.82, 2.24) is 9.13 Å². The van der Waals surface area contributed by atoms with Gasteiger partial charge in [-0.05, 0) is 67.1 Å². The number of aromatic nitrogens is 2. The number of amides is 1. The summed E-state index contributed by atoms with van der Waals surface area (Å²) in [6, 6.07) is 17.8. The molecule has 0 bridgehead atoms. The van der Waals surface area contributed by atoms with Crippen molar-refractivity contribution >= 4 is 49.9 Å². The third-order valence-corrected chi connectivity index (χ3v) is 7.57. The molecule has 1 heterocycles. The number of benzene rings is 3. The number of anilines is 2. The number of carbonyl (C=O) groups is 1. The first kappa shape index (κ1) is 23.6. The summed E-state index contributed by atoms with van der Waals surface area (Å²) in [5.41, 5.74) is 2.85. The lowest BCUT2D eigenvalue weighted by Crippen LogP contribution is -2.38. The Bertz CT molecular complexity index is 1560. The minimum Gasteiger partial charge on any atom is -0.324 e. The standard InChI is InChI=1S/C24H23ClN4O4S/c1-16-5-4-6-19(13-16)29(34(32,33)20-10-7-17(25)8-11-20)15-23(30)26-18-9-12-21-22(14-18)28(3)24(31)27(21)2/h4-14H,15H2,1-3H3,(H,26,30). The van der Waals surface area contributed by atoms with E-state index in [9.17, 15) is 18.0 Å².